The lowest BCUT2D eigenvalue weighted by Gasteiger charge is -2.01. The fraction of sp³-hybridized carbons (Fsp3) is 0.0400. The van der Waals surface area contributed by atoms with E-state index < -0.39 is 0 Å². The van der Waals surface area contributed by atoms with Gasteiger partial charge < -0.3 is 5.10 Å². The normalized spacial score (nSPS) is 11.5. The number of nitrogens with zero attached hydrogens (tertiary/aromatic N) is 3. The van der Waals surface area contributed by atoms with E-state index >= 15 is 0 Å². The first-order valence-electron chi connectivity index (χ1n) is 10.0. The number of Topliss-reactive ketones (excluding diaryl/α,β-unsaturated/α-hetero) is 1. The van der Waals surface area contributed by atoms with Crippen LogP contribution >= 0.6 is 0 Å². The number of hydrogen-bond donors (Lipinski definition) is 2. The van der Waals surface area contributed by atoms with Crippen molar-refractivity contribution in [3.8, 4) is 11.3 Å². The molecule has 2 aromatic carbocycles. The average Bonchev–Trinajstić information content (AvgIpc) is 3.41. The summed E-state index contributed by atoms with van der Waals surface area (Å²) in [5, 5.41) is 9.46. The van der Waals surface area contributed by atoms with Crippen molar-refractivity contribution in [2.75, 3.05) is 0 Å². The van der Waals surface area contributed by atoms with Crippen LogP contribution in [0.4, 0.5) is 0 Å². The van der Waals surface area contributed by atoms with Gasteiger partial charge in [0.1, 0.15) is 5.69 Å². The summed E-state index contributed by atoms with van der Waals surface area (Å²) >= 11 is 0. The van der Waals surface area contributed by atoms with Crippen molar-refractivity contribution in [3.63, 3.8) is 0 Å². The third-order valence-electron chi connectivity index (χ3n) is 5.54. The molecule has 2 N–H and O–H groups in total. The van der Waals surface area contributed by atoms with E-state index in [2.05, 4.69) is 31.2 Å². The zero-order chi connectivity index (χ0) is 20.8. The summed E-state index contributed by atoms with van der Waals surface area (Å²) in [6, 6.07) is 21.6. The van der Waals surface area contributed by atoms with Crippen LogP contribution in [0.1, 0.15) is 16.2 Å². The predicted octanol–water partition coefficient (Wildman–Crippen LogP) is 5.08. The second-order valence-corrected chi connectivity index (χ2v) is 7.55. The van der Waals surface area contributed by atoms with E-state index in [0.29, 0.717) is 5.69 Å². The van der Waals surface area contributed by atoms with E-state index in [-0.39, 0.29) is 12.2 Å². The maximum Gasteiger partial charge on any atom is 0.187 e. The minimum atomic E-state index is -0.0384. The molecule has 4 heterocycles. The summed E-state index contributed by atoms with van der Waals surface area (Å²) in [5.41, 5.74) is 5.85. The fourth-order valence-electron chi connectivity index (χ4n) is 3.99. The Morgan fingerprint density at radius 3 is 2.58 bits per heavy atom. The van der Waals surface area contributed by atoms with Gasteiger partial charge in [-0.1, -0.05) is 24.3 Å². The topological polar surface area (TPSA) is 87.3 Å². The van der Waals surface area contributed by atoms with Crippen LogP contribution in [0, 0.1) is 0 Å². The fourth-order valence-corrected chi connectivity index (χ4v) is 3.99. The third-order valence-corrected chi connectivity index (χ3v) is 5.54. The predicted molar refractivity (Wildman–Crippen MR) is 121 cm³/mol. The number of rotatable bonds is 4. The zero-order valence-corrected chi connectivity index (χ0v) is 16.5. The summed E-state index contributed by atoms with van der Waals surface area (Å²) in [6.07, 6.45) is 3.76. The minimum absolute atomic E-state index is 0.0384. The summed E-state index contributed by atoms with van der Waals surface area (Å²) in [7, 11) is 0. The van der Waals surface area contributed by atoms with Gasteiger partial charge in [0.15, 0.2) is 5.78 Å². The number of benzene rings is 2. The first kappa shape index (κ1) is 17.5. The molecule has 0 bridgehead atoms. The summed E-state index contributed by atoms with van der Waals surface area (Å²) in [5.74, 6) is -0.0384. The molecule has 0 atom stereocenters. The largest absolute Gasteiger partial charge is 0.300 e. The molecule has 0 aliphatic carbocycles. The maximum absolute atomic E-state index is 12.9. The van der Waals surface area contributed by atoms with Crippen LogP contribution in [0.3, 0.4) is 0 Å². The Balaban J connectivity index is 1.35. The summed E-state index contributed by atoms with van der Waals surface area (Å²) < 4.78 is 0. The van der Waals surface area contributed by atoms with Crippen molar-refractivity contribution in [1.29, 1.82) is 0 Å². The molecular formula is C25H17N5O. The lowest BCUT2D eigenvalue weighted by Crippen LogP contribution is -2.05. The van der Waals surface area contributed by atoms with Crippen molar-refractivity contribution in [3.05, 3.63) is 90.5 Å². The van der Waals surface area contributed by atoms with Gasteiger partial charge in [0.2, 0.25) is 0 Å². The van der Waals surface area contributed by atoms with Crippen LogP contribution in [0.2, 0.25) is 0 Å². The molecule has 6 nitrogen and oxygen atoms in total. The number of ketones is 1. The Bertz CT molecular complexity index is 1580. The van der Waals surface area contributed by atoms with Crippen molar-refractivity contribution >= 4 is 38.5 Å². The quantitative estimate of drug-likeness (QED) is 0.402. The van der Waals surface area contributed by atoms with Crippen LogP contribution in [0.25, 0.3) is 44.0 Å². The van der Waals surface area contributed by atoms with Crippen molar-refractivity contribution in [2.45, 2.75) is 6.42 Å². The molecule has 6 heteroatoms. The van der Waals surface area contributed by atoms with Gasteiger partial charge in [-0.25, -0.2) is 4.98 Å². The van der Waals surface area contributed by atoms with E-state index in [0.717, 1.165) is 49.7 Å². The molecule has 148 valence electrons. The monoisotopic (exact) mass is 403 g/mol. The number of aromatic amines is 2. The van der Waals surface area contributed by atoms with Gasteiger partial charge >= 0.3 is 0 Å². The molecule has 0 unspecified atom stereocenters. The molecule has 0 fully saturated rings. The van der Waals surface area contributed by atoms with Gasteiger partial charge in [0.25, 0.3) is 0 Å². The summed E-state index contributed by atoms with van der Waals surface area (Å²) in [4.78, 5) is 26.2. The second-order valence-electron chi connectivity index (χ2n) is 7.55. The number of pyridine rings is 2. The van der Waals surface area contributed by atoms with Crippen LogP contribution in [-0.2, 0) is 6.42 Å². The smallest absolute Gasteiger partial charge is 0.187 e. The van der Waals surface area contributed by atoms with Crippen molar-refractivity contribution in [1.82, 2.24) is 25.1 Å². The van der Waals surface area contributed by atoms with E-state index in [1.807, 2.05) is 60.7 Å². The molecule has 6 aromatic rings. The molecular weight excluding hydrogens is 386 g/mol. The number of carbonyl (C=O) groups excluding carboxylic acids is 1. The first-order valence-corrected chi connectivity index (χ1v) is 10.0. The SMILES string of the molecule is O=C(Cc1ccc2ccccc2n1)c1cc2cc3c(-c4ccncc4)[nH][nH]c3cc2n1. The number of aromatic nitrogens is 5. The Morgan fingerprint density at radius 2 is 1.68 bits per heavy atom. The Kier molecular flexibility index (Phi) is 3.89. The molecule has 4 aromatic heterocycles. The molecule has 0 aliphatic rings. The summed E-state index contributed by atoms with van der Waals surface area (Å²) in [6.45, 7) is 0. The molecule has 0 saturated heterocycles. The number of para-hydroxylation sites is 1. The Hall–Kier alpha value is -4.32. The molecule has 0 amide bonds. The first-order chi connectivity index (χ1) is 15.2. The molecule has 0 saturated carbocycles. The molecule has 31 heavy (non-hydrogen) atoms. The highest BCUT2D eigenvalue weighted by Crippen LogP contribution is 2.30. The number of carbonyl (C=O) groups is 1. The number of hydrogen-bond acceptors (Lipinski definition) is 4. The number of H-pyrrole nitrogens is 2. The number of nitrogens with one attached hydrogen (secondary N) is 2. The number of fused-ring (bicyclic) bond motifs is 3. The van der Waals surface area contributed by atoms with Crippen molar-refractivity contribution in [2.24, 2.45) is 0 Å². The van der Waals surface area contributed by atoms with Gasteiger partial charge in [0.05, 0.1) is 28.7 Å². The molecule has 6 rings (SSSR count). The zero-order valence-electron chi connectivity index (χ0n) is 16.5. The third kappa shape index (κ3) is 3.05. The Labute approximate surface area is 177 Å². The molecule has 0 radical (unpaired) electrons. The van der Waals surface area contributed by atoms with Gasteiger partial charge in [-0.15, -0.1) is 0 Å². The van der Waals surface area contributed by atoms with Crippen molar-refractivity contribution < 1.29 is 4.79 Å². The molecule has 0 spiro atoms. The van der Waals surface area contributed by atoms with Crippen LogP contribution < -0.4 is 0 Å². The maximum atomic E-state index is 12.9. The van der Waals surface area contributed by atoms with E-state index in [1.165, 1.54) is 0 Å². The lowest BCUT2D eigenvalue weighted by molar-refractivity contribution is 0.0988. The minimum Gasteiger partial charge on any atom is -0.300 e. The van der Waals surface area contributed by atoms with Crippen LogP contribution in [-0.4, -0.2) is 30.9 Å². The Morgan fingerprint density at radius 1 is 0.806 bits per heavy atom. The standard InChI is InChI=1S/C25H17N5O/c31-24(13-18-6-5-15-3-1-2-4-20(15)27-18)23-12-17-11-19-22(14-21(17)28-23)29-30-25(19)16-7-9-26-10-8-16/h1-12,14,29-30H,13H2. The van der Waals surface area contributed by atoms with Gasteiger partial charge in [-0.2, -0.15) is 0 Å². The average molecular weight is 403 g/mol. The highest BCUT2D eigenvalue weighted by atomic mass is 16.1. The molecule has 0 aliphatic heterocycles. The second kappa shape index (κ2) is 6.88. The van der Waals surface area contributed by atoms with E-state index in [9.17, 15) is 4.79 Å². The lowest BCUT2D eigenvalue weighted by atomic mass is 10.1. The van der Waals surface area contributed by atoms with E-state index in [4.69, 9.17) is 0 Å². The van der Waals surface area contributed by atoms with Gasteiger partial charge in [0, 0.05) is 39.8 Å². The van der Waals surface area contributed by atoms with E-state index in [1.54, 1.807) is 12.4 Å². The highest BCUT2D eigenvalue weighted by molar-refractivity contribution is 6.05. The van der Waals surface area contributed by atoms with Gasteiger partial charge in [-0.05, 0) is 42.5 Å². The van der Waals surface area contributed by atoms with Crippen LogP contribution in [0.5, 0.6) is 0 Å². The van der Waals surface area contributed by atoms with Crippen LogP contribution in [0.15, 0.2) is 79.1 Å². The van der Waals surface area contributed by atoms with Gasteiger partial charge in [-0.3, -0.25) is 19.9 Å². The highest BCUT2D eigenvalue weighted by Gasteiger charge is 2.15.